The summed E-state index contributed by atoms with van der Waals surface area (Å²) >= 11 is 0. The molecule has 0 fully saturated rings. The zero-order chi connectivity index (χ0) is 19.6. The van der Waals surface area contributed by atoms with E-state index in [9.17, 15) is 0 Å². The fourth-order valence-corrected chi connectivity index (χ4v) is 9.85. The summed E-state index contributed by atoms with van der Waals surface area (Å²) < 4.78 is 0. The van der Waals surface area contributed by atoms with Crippen LogP contribution in [0.15, 0.2) is 24.3 Å². The van der Waals surface area contributed by atoms with Crippen LogP contribution in [0.1, 0.15) is 104 Å². The summed E-state index contributed by atoms with van der Waals surface area (Å²) in [6, 6.07) is 9.76. The fourth-order valence-electron chi connectivity index (χ4n) is 4.15. The second-order valence-electron chi connectivity index (χ2n) is 9.82. The number of hydrogen-bond donors (Lipinski definition) is 0. The maximum absolute atomic E-state index is 2.46. The minimum atomic E-state index is -1.18. The standard InChI is InChI=1S/C25H47P/c1-8-11-18-26(19-12-9-2,20-13-10-3)21-23-14-16-24(17-15-23)22(4)25(5,6)7/h14-17,22,26H,8-13,18-21H2,1-7H3. The van der Waals surface area contributed by atoms with Crippen LogP contribution in [-0.2, 0) is 6.16 Å². The van der Waals surface area contributed by atoms with Crippen LogP contribution in [0.3, 0.4) is 0 Å². The first kappa shape index (κ1) is 23.7. The average Bonchev–Trinajstić information content (AvgIpc) is 2.62. The zero-order valence-electron chi connectivity index (χ0n) is 19.0. The van der Waals surface area contributed by atoms with Crippen molar-refractivity contribution in [3.63, 3.8) is 0 Å². The van der Waals surface area contributed by atoms with Gasteiger partial charge in [-0.25, -0.2) is 0 Å². The topological polar surface area (TPSA) is 0 Å². The van der Waals surface area contributed by atoms with Crippen molar-refractivity contribution in [2.24, 2.45) is 5.41 Å². The molecule has 1 rings (SSSR count). The normalized spacial score (nSPS) is 14.4. The van der Waals surface area contributed by atoms with E-state index in [0.717, 1.165) is 0 Å². The molecular formula is C25H47P. The van der Waals surface area contributed by atoms with Crippen molar-refractivity contribution in [2.75, 3.05) is 18.5 Å². The van der Waals surface area contributed by atoms with Gasteiger partial charge in [0.1, 0.15) is 0 Å². The molecule has 0 heterocycles. The van der Waals surface area contributed by atoms with Crippen LogP contribution in [0.5, 0.6) is 0 Å². The van der Waals surface area contributed by atoms with E-state index < -0.39 is 7.26 Å². The van der Waals surface area contributed by atoms with Gasteiger partial charge in [0.2, 0.25) is 0 Å². The van der Waals surface area contributed by atoms with Crippen molar-refractivity contribution in [2.45, 2.75) is 99.1 Å². The molecule has 0 radical (unpaired) electrons. The molecule has 0 aliphatic carbocycles. The summed E-state index contributed by atoms with van der Waals surface area (Å²) in [5.41, 5.74) is 3.46. The van der Waals surface area contributed by atoms with Gasteiger partial charge in [-0.15, -0.1) is 0 Å². The number of hydrogen-bond acceptors (Lipinski definition) is 0. The van der Waals surface area contributed by atoms with Crippen molar-refractivity contribution in [1.82, 2.24) is 0 Å². The summed E-state index contributed by atoms with van der Waals surface area (Å²) in [6.07, 6.45) is 14.4. The SMILES string of the molecule is CCCC[PH](CCCC)(CCCC)Cc1ccc(C(C)C(C)(C)C)cc1. The Morgan fingerprint density at radius 3 is 1.54 bits per heavy atom. The van der Waals surface area contributed by atoms with Crippen LogP contribution < -0.4 is 0 Å². The Hall–Kier alpha value is -0.350. The molecule has 1 aromatic rings. The van der Waals surface area contributed by atoms with Gasteiger partial charge in [-0.05, 0) is 0 Å². The van der Waals surface area contributed by atoms with Crippen molar-refractivity contribution in [3.8, 4) is 0 Å². The van der Waals surface area contributed by atoms with Gasteiger partial charge in [0.15, 0.2) is 0 Å². The molecule has 0 amide bonds. The number of unbranched alkanes of at least 4 members (excludes halogenated alkanes) is 3. The van der Waals surface area contributed by atoms with Crippen LogP contribution in [0.4, 0.5) is 0 Å². The molecule has 0 saturated carbocycles. The third kappa shape index (κ3) is 7.72. The van der Waals surface area contributed by atoms with E-state index in [1.165, 1.54) is 50.3 Å². The molecule has 1 heteroatoms. The maximum atomic E-state index is 2.46. The van der Waals surface area contributed by atoms with E-state index in [1.54, 1.807) is 24.0 Å². The van der Waals surface area contributed by atoms with E-state index in [-0.39, 0.29) is 0 Å². The summed E-state index contributed by atoms with van der Waals surface area (Å²) in [6.45, 7) is 16.5. The first-order chi connectivity index (χ1) is 12.3. The molecule has 0 bridgehead atoms. The average molecular weight is 379 g/mol. The monoisotopic (exact) mass is 378 g/mol. The van der Waals surface area contributed by atoms with E-state index >= 15 is 0 Å². The van der Waals surface area contributed by atoms with Gasteiger partial charge >= 0.3 is 166 Å². The van der Waals surface area contributed by atoms with Gasteiger partial charge in [0.25, 0.3) is 0 Å². The first-order valence-electron chi connectivity index (χ1n) is 11.4. The van der Waals surface area contributed by atoms with Crippen LogP contribution in [0, 0.1) is 5.41 Å². The van der Waals surface area contributed by atoms with E-state index in [0.29, 0.717) is 11.3 Å². The van der Waals surface area contributed by atoms with Crippen molar-refractivity contribution in [1.29, 1.82) is 0 Å². The molecule has 0 aliphatic rings. The number of rotatable bonds is 12. The van der Waals surface area contributed by atoms with Crippen molar-refractivity contribution >= 4 is 7.26 Å². The molecule has 1 aromatic carbocycles. The second-order valence-corrected chi connectivity index (χ2v) is 14.7. The fraction of sp³-hybridized carbons (Fsp3) is 0.760. The Morgan fingerprint density at radius 1 is 0.769 bits per heavy atom. The molecule has 0 aliphatic heterocycles. The Balaban J connectivity index is 2.97. The molecule has 0 N–H and O–H groups in total. The van der Waals surface area contributed by atoms with Gasteiger partial charge in [0, 0.05) is 0 Å². The summed E-state index contributed by atoms with van der Waals surface area (Å²) in [5, 5.41) is 0. The third-order valence-electron chi connectivity index (χ3n) is 6.54. The Labute approximate surface area is 165 Å². The van der Waals surface area contributed by atoms with Crippen LogP contribution in [0.2, 0.25) is 0 Å². The predicted molar refractivity (Wildman–Crippen MR) is 126 cm³/mol. The van der Waals surface area contributed by atoms with Crippen molar-refractivity contribution in [3.05, 3.63) is 35.4 Å². The molecule has 0 nitrogen and oxygen atoms in total. The van der Waals surface area contributed by atoms with Crippen molar-refractivity contribution < 1.29 is 0 Å². The molecule has 1 atom stereocenters. The summed E-state index contributed by atoms with van der Waals surface area (Å²) in [5.74, 6) is 0.610. The Kier molecular flexibility index (Phi) is 10.5. The van der Waals surface area contributed by atoms with Crippen LogP contribution >= 0.6 is 7.26 Å². The van der Waals surface area contributed by atoms with E-state index in [4.69, 9.17) is 0 Å². The van der Waals surface area contributed by atoms with Gasteiger partial charge in [-0.3, -0.25) is 0 Å². The third-order valence-corrected chi connectivity index (χ3v) is 11.9. The van der Waals surface area contributed by atoms with Crippen LogP contribution in [-0.4, -0.2) is 18.5 Å². The molecule has 26 heavy (non-hydrogen) atoms. The summed E-state index contributed by atoms with van der Waals surface area (Å²) in [4.78, 5) is 0. The zero-order valence-corrected chi connectivity index (χ0v) is 20.0. The predicted octanol–water partition coefficient (Wildman–Crippen LogP) is 8.49. The Bertz CT molecular complexity index is 458. The van der Waals surface area contributed by atoms with Gasteiger partial charge in [0.05, 0.1) is 0 Å². The molecule has 0 spiro atoms. The molecule has 1 unspecified atom stereocenters. The van der Waals surface area contributed by atoms with Gasteiger partial charge < -0.3 is 0 Å². The molecule has 152 valence electrons. The van der Waals surface area contributed by atoms with Gasteiger partial charge in [-0.2, -0.15) is 0 Å². The summed E-state index contributed by atoms with van der Waals surface area (Å²) in [7, 11) is -1.18. The van der Waals surface area contributed by atoms with Gasteiger partial charge in [-0.1, -0.05) is 0 Å². The second kappa shape index (κ2) is 11.5. The quantitative estimate of drug-likeness (QED) is 0.320. The van der Waals surface area contributed by atoms with E-state index in [1.807, 2.05) is 0 Å². The molecule has 0 aromatic heterocycles. The number of benzene rings is 1. The van der Waals surface area contributed by atoms with Crippen LogP contribution in [0.25, 0.3) is 0 Å². The molecular weight excluding hydrogens is 331 g/mol. The minimum absolute atomic E-state index is 0.337. The Morgan fingerprint density at radius 2 is 1.19 bits per heavy atom. The molecule has 0 saturated heterocycles. The van der Waals surface area contributed by atoms with E-state index in [2.05, 4.69) is 72.7 Å². The first-order valence-corrected chi connectivity index (χ1v) is 14.2.